The number of rotatable bonds is 2. The molecular weight excluding hydrogens is 354 g/mol. The zero-order valence-electron chi connectivity index (χ0n) is 13.6. The first-order chi connectivity index (χ1) is 12.1. The maximum Gasteiger partial charge on any atom is 0.235 e. The van der Waals surface area contributed by atoms with Crippen LogP contribution >= 0.6 is 23.4 Å². The molecule has 1 aliphatic rings. The van der Waals surface area contributed by atoms with Gasteiger partial charge in [0.25, 0.3) is 0 Å². The molecule has 0 bridgehead atoms. The SMILES string of the molecule is Cc1nn(-c2ccccc2)c2c1[C@@H](c1cccc(Cl)c1)SCC(=O)N2. The van der Waals surface area contributed by atoms with Gasteiger partial charge in [-0.1, -0.05) is 41.9 Å². The summed E-state index contributed by atoms with van der Waals surface area (Å²) in [5, 5.41) is 8.42. The molecule has 4 rings (SSSR count). The Kier molecular flexibility index (Phi) is 4.27. The molecule has 2 aromatic carbocycles. The predicted molar refractivity (Wildman–Crippen MR) is 103 cm³/mol. The number of hydrogen-bond acceptors (Lipinski definition) is 3. The minimum absolute atomic E-state index is 0.00473. The summed E-state index contributed by atoms with van der Waals surface area (Å²) < 4.78 is 1.81. The zero-order valence-corrected chi connectivity index (χ0v) is 15.1. The number of nitrogens with one attached hydrogen (secondary N) is 1. The number of benzene rings is 2. The molecule has 4 nitrogen and oxygen atoms in total. The third-order valence-electron chi connectivity index (χ3n) is 4.16. The molecule has 0 saturated heterocycles. The molecule has 0 aliphatic carbocycles. The van der Waals surface area contributed by atoms with E-state index >= 15 is 0 Å². The van der Waals surface area contributed by atoms with Gasteiger partial charge in [-0.05, 0) is 36.8 Å². The Morgan fingerprint density at radius 1 is 1.20 bits per heavy atom. The van der Waals surface area contributed by atoms with E-state index in [1.807, 2.05) is 66.2 Å². The van der Waals surface area contributed by atoms with E-state index in [0.29, 0.717) is 10.8 Å². The predicted octanol–water partition coefficient (Wildman–Crippen LogP) is 4.61. The van der Waals surface area contributed by atoms with Gasteiger partial charge < -0.3 is 5.32 Å². The highest BCUT2D eigenvalue weighted by Crippen LogP contribution is 2.44. The molecule has 0 radical (unpaired) electrons. The van der Waals surface area contributed by atoms with Crippen LogP contribution in [-0.4, -0.2) is 21.4 Å². The molecule has 1 amide bonds. The van der Waals surface area contributed by atoms with Gasteiger partial charge in [-0.25, -0.2) is 4.68 Å². The van der Waals surface area contributed by atoms with Gasteiger partial charge in [0, 0.05) is 10.6 Å². The zero-order chi connectivity index (χ0) is 17.4. The lowest BCUT2D eigenvalue weighted by Crippen LogP contribution is -2.15. The van der Waals surface area contributed by atoms with Crippen molar-refractivity contribution in [1.82, 2.24) is 9.78 Å². The minimum atomic E-state index is -0.0205. The van der Waals surface area contributed by atoms with Crippen LogP contribution in [0.1, 0.15) is 22.1 Å². The van der Waals surface area contributed by atoms with E-state index in [1.54, 1.807) is 11.8 Å². The summed E-state index contributed by atoms with van der Waals surface area (Å²) in [5.41, 5.74) is 3.93. The highest BCUT2D eigenvalue weighted by Gasteiger charge is 2.30. The number of carbonyl (C=O) groups excluding carboxylic acids is 1. The first-order valence-electron chi connectivity index (χ1n) is 7.95. The van der Waals surface area contributed by atoms with Crippen molar-refractivity contribution in [3.05, 3.63) is 76.4 Å². The maximum absolute atomic E-state index is 12.3. The average Bonchev–Trinajstić information content (AvgIpc) is 2.82. The van der Waals surface area contributed by atoms with Gasteiger partial charge in [0.2, 0.25) is 5.91 Å². The van der Waals surface area contributed by atoms with Crippen LogP contribution in [0.4, 0.5) is 5.82 Å². The molecule has 0 saturated carbocycles. The first kappa shape index (κ1) is 16.2. The number of fused-ring (bicyclic) bond motifs is 1. The molecule has 0 fully saturated rings. The average molecular weight is 370 g/mol. The van der Waals surface area contributed by atoms with Crippen molar-refractivity contribution in [3.8, 4) is 5.69 Å². The Morgan fingerprint density at radius 2 is 2.00 bits per heavy atom. The van der Waals surface area contributed by atoms with Gasteiger partial charge in [0.05, 0.1) is 22.4 Å². The summed E-state index contributed by atoms with van der Waals surface area (Å²) in [6.07, 6.45) is 0. The summed E-state index contributed by atoms with van der Waals surface area (Å²) in [4.78, 5) is 12.3. The molecular formula is C19H16ClN3OS. The van der Waals surface area contributed by atoms with Gasteiger partial charge in [-0.2, -0.15) is 5.10 Å². The van der Waals surface area contributed by atoms with Crippen LogP contribution in [-0.2, 0) is 4.79 Å². The van der Waals surface area contributed by atoms with E-state index in [2.05, 4.69) is 5.32 Å². The Bertz CT molecular complexity index is 939. The number of anilines is 1. The molecule has 1 N–H and O–H groups in total. The second kappa shape index (κ2) is 6.58. The van der Waals surface area contributed by atoms with Gasteiger partial charge in [0.1, 0.15) is 5.82 Å². The molecule has 3 aromatic rings. The van der Waals surface area contributed by atoms with Crippen LogP contribution in [0, 0.1) is 6.92 Å². The van der Waals surface area contributed by atoms with Crippen molar-refractivity contribution in [3.63, 3.8) is 0 Å². The van der Waals surface area contributed by atoms with Crippen molar-refractivity contribution in [2.45, 2.75) is 12.2 Å². The van der Waals surface area contributed by atoms with Crippen molar-refractivity contribution in [1.29, 1.82) is 0 Å². The summed E-state index contributed by atoms with van der Waals surface area (Å²) >= 11 is 7.78. The van der Waals surface area contributed by atoms with Crippen LogP contribution in [0.2, 0.25) is 5.02 Å². The Balaban J connectivity index is 1.90. The first-order valence-corrected chi connectivity index (χ1v) is 9.38. The lowest BCUT2D eigenvalue weighted by molar-refractivity contribution is -0.113. The lowest BCUT2D eigenvalue weighted by Gasteiger charge is -2.15. The number of halogens is 1. The summed E-state index contributed by atoms with van der Waals surface area (Å²) in [6, 6.07) is 17.6. The Hall–Kier alpha value is -2.24. The molecule has 126 valence electrons. The summed E-state index contributed by atoms with van der Waals surface area (Å²) in [6.45, 7) is 1.98. The Morgan fingerprint density at radius 3 is 2.76 bits per heavy atom. The van der Waals surface area contributed by atoms with E-state index in [4.69, 9.17) is 16.7 Å². The second-order valence-electron chi connectivity index (χ2n) is 5.89. The molecule has 1 atom stereocenters. The number of nitrogens with zero attached hydrogens (tertiary/aromatic N) is 2. The van der Waals surface area contributed by atoms with Gasteiger partial charge in [0.15, 0.2) is 0 Å². The van der Waals surface area contributed by atoms with Crippen LogP contribution in [0.25, 0.3) is 5.69 Å². The largest absolute Gasteiger partial charge is 0.310 e. The minimum Gasteiger partial charge on any atom is -0.310 e. The molecule has 6 heteroatoms. The smallest absolute Gasteiger partial charge is 0.235 e. The normalized spacial score (nSPS) is 16.9. The fourth-order valence-electron chi connectivity index (χ4n) is 3.07. The molecule has 2 heterocycles. The van der Waals surface area contributed by atoms with Crippen molar-refractivity contribution >= 4 is 35.1 Å². The van der Waals surface area contributed by atoms with Crippen LogP contribution < -0.4 is 5.32 Å². The maximum atomic E-state index is 12.3. The van der Waals surface area contributed by atoms with Crippen molar-refractivity contribution in [2.75, 3.05) is 11.1 Å². The van der Waals surface area contributed by atoms with E-state index in [-0.39, 0.29) is 11.2 Å². The number of aryl methyl sites for hydroxylation is 1. The number of carbonyl (C=O) groups is 1. The topological polar surface area (TPSA) is 46.9 Å². The van der Waals surface area contributed by atoms with Crippen LogP contribution in [0.3, 0.4) is 0 Å². The standard InChI is InChI=1S/C19H16ClN3OS/c1-12-17-18(13-6-5-7-14(20)10-13)25-11-16(24)21-19(17)23(22-12)15-8-3-2-4-9-15/h2-10,18H,11H2,1H3,(H,21,24)/t18-/m1/s1. The summed E-state index contributed by atoms with van der Waals surface area (Å²) in [5.74, 6) is 1.11. The fraction of sp³-hybridized carbons (Fsp3) is 0.158. The monoisotopic (exact) mass is 369 g/mol. The quantitative estimate of drug-likeness (QED) is 0.717. The molecule has 1 aliphatic heterocycles. The number of amides is 1. The number of aromatic nitrogens is 2. The molecule has 0 spiro atoms. The molecule has 25 heavy (non-hydrogen) atoms. The third kappa shape index (κ3) is 3.05. The number of hydrogen-bond donors (Lipinski definition) is 1. The number of para-hydroxylation sites is 1. The van der Waals surface area contributed by atoms with E-state index in [0.717, 1.165) is 28.3 Å². The number of thioether (sulfide) groups is 1. The second-order valence-corrected chi connectivity index (χ2v) is 7.42. The van der Waals surface area contributed by atoms with Crippen molar-refractivity contribution in [2.24, 2.45) is 0 Å². The van der Waals surface area contributed by atoms with E-state index in [1.165, 1.54) is 0 Å². The molecule has 1 aromatic heterocycles. The highest BCUT2D eigenvalue weighted by molar-refractivity contribution is 8.00. The van der Waals surface area contributed by atoms with E-state index < -0.39 is 0 Å². The van der Waals surface area contributed by atoms with Gasteiger partial charge in [-0.3, -0.25) is 4.79 Å². The molecule has 0 unspecified atom stereocenters. The fourth-order valence-corrected chi connectivity index (χ4v) is 4.45. The van der Waals surface area contributed by atoms with Gasteiger partial charge in [-0.15, -0.1) is 11.8 Å². The van der Waals surface area contributed by atoms with Crippen LogP contribution in [0.15, 0.2) is 54.6 Å². The van der Waals surface area contributed by atoms with Gasteiger partial charge >= 0.3 is 0 Å². The highest BCUT2D eigenvalue weighted by atomic mass is 35.5. The van der Waals surface area contributed by atoms with Crippen LogP contribution in [0.5, 0.6) is 0 Å². The lowest BCUT2D eigenvalue weighted by atomic mass is 10.0. The summed E-state index contributed by atoms with van der Waals surface area (Å²) in [7, 11) is 0. The van der Waals surface area contributed by atoms with Crippen molar-refractivity contribution < 1.29 is 4.79 Å². The third-order valence-corrected chi connectivity index (χ3v) is 5.67. The van der Waals surface area contributed by atoms with E-state index in [9.17, 15) is 4.79 Å². The Labute approximate surface area is 155 Å².